The van der Waals surface area contributed by atoms with Crippen molar-refractivity contribution < 1.29 is 4.79 Å². The first kappa shape index (κ1) is 17.0. The molecule has 1 fully saturated rings. The normalized spacial score (nSPS) is 14.6. The number of hydrogen-bond acceptors (Lipinski definition) is 3. The summed E-state index contributed by atoms with van der Waals surface area (Å²) in [7, 11) is 1.78. The number of benzene rings is 2. The van der Waals surface area contributed by atoms with Crippen molar-refractivity contribution in [1.29, 1.82) is 5.26 Å². The fourth-order valence-electron chi connectivity index (χ4n) is 3.08. The van der Waals surface area contributed by atoms with Crippen LogP contribution in [0.4, 0.5) is 16.2 Å². The molecule has 0 saturated carbocycles. The molecule has 5 heteroatoms. The standard InChI is InChI=1S/C20H22N4O/c1-22(18-10-4-2-5-11-18)20(25)24(23-13-6-3-7-14-23)19-12-8-9-17(15-19)16-21/h2,4-5,8-12,15H,3,6-7,13-14H2,1H3. The van der Waals surface area contributed by atoms with E-state index in [0.717, 1.165) is 37.3 Å². The van der Waals surface area contributed by atoms with E-state index < -0.39 is 0 Å². The SMILES string of the molecule is CN(C(=O)N(c1cccc(C#N)c1)N1CCCCC1)c1ccccc1. The first-order chi connectivity index (χ1) is 12.2. The maximum Gasteiger partial charge on any atom is 0.343 e. The van der Waals surface area contributed by atoms with Gasteiger partial charge in [-0.15, -0.1) is 0 Å². The fraction of sp³-hybridized carbons (Fsp3) is 0.300. The lowest BCUT2D eigenvalue weighted by Crippen LogP contribution is -2.53. The van der Waals surface area contributed by atoms with Gasteiger partial charge in [0.2, 0.25) is 0 Å². The van der Waals surface area contributed by atoms with Gasteiger partial charge >= 0.3 is 6.03 Å². The van der Waals surface area contributed by atoms with E-state index in [4.69, 9.17) is 0 Å². The third-order valence-corrected chi connectivity index (χ3v) is 4.45. The highest BCUT2D eigenvalue weighted by atomic mass is 16.2. The zero-order valence-electron chi connectivity index (χ0n) is 14.4. The van der Waals surface area contributed by atoms with Gasteiger partial charge in [-0.25, -0.2) is 14.8 Å². The maximum atomic E-state index is 13.3. The van der Waals surface area contributed by atoms with E-state index in [1.54, 1.807) is 29.1 Å². The summed E-state index contributed by atoms with van der Waals surface area (Å²) in [6.07, 6.45) is 3.32. The van der Waals surface area contributed by atoms with E-state index in [1.807, 2.05) is 42.5 Å². The number of nitriles is 1. The molecule has 0 bridgehead atoms. The second-order valence-corrected chi connectivity index (χ2v) is 6.17. The second kappa shape index (κ2) is 7.82. The maximum absolute atomic E-state index is 13.3. The molecule has 1 aliphatic heterocycles. The van der Waals surface area contributed by atoms with Crippen molar-refractivity contribution in [2.75, 3.05) is 30.0 Å². The fourth-order valence-corrected chi connectivity index (χ4v) is 3.08. The molecule has 1 saturated heterocycles. The van der Waals surface area contributed by atoms with Crippen LogP contribution in [0.25, 0.3) is 0 Å². The van der Waals surface area contributed by atoms with Gasteiger partial charge in [-0.2, -0.15) is 5.26 Å². The van der Waals surface area contributed by atoms with Crippen LogP contribution < -0.4 is 9.91 Å². The summed E-state index contributed by atoms with van der Waals surface area (Å²) in [5.41, 5.74) is 2.12. The molecule has 1 aliphatic rings. The van der Waals surface area contributed by atoms with Crippen molar-refractivity contribution in [3.8, 4) is 6.07 Å². The Kier molecular flexibility index (Phi) is 5.32. The van der Waals surface area contributed by atoms with Crippen molar-refractivity contribution in [3.63, 3.8) is 0 Å². The minimum absolute atomic E-state index is 0.122. The average molecular weight is 334 g/mol. The van der Waals surface area contributed by atoms with Crippen LogP contribution >= 0.6 is 0 Å². The third kappa shape index (κ3) is 3.81. The molecule has 25 heavy (non-hydrogen) atoms. The Morgan fingerprint density at radius 1 is 1.00 bits per heavy atom. The predicted octanol–water partition coefficient (Wildman–Crippen LogP) is 4.02. The highest BCUT2D eigenvalue weighted by molar-refractivity contribution is 6.02. The Hall–Kier alpha value is -2.84. The number of hydrazine groups is 1. The third-order valence-electron chi connectivity index (χ3n) is 4.45. The van der Waals surface area contributed by atoms with Crippen molar-refractivity contribution in [1.82, 2.24) is 5.01 Å². The second-order valence-electron chi connectivity index (χ2n) is 6.17. The van der Waals surface area contributed by atoms with Crippen molar-refractivity contribution >= 4 is 17.4 Å². The van der Waals surface area contributed by atoms with Gasteiger partial charge in [-0.3, -0.25) is 4.90 Å². The summed E-state index contributed by atoms with van der Waals surface area (Å²) in [6, 6.07) is 18.9. The molecule has 5 nitrogen and oxygen atoms in total. The monoisotopic (exact) mass is 334 g/mol. The van der Waals surface area contributed by atoms with E-state index in [2.05, 4.69) is 11.1 Å². The quantitative estimate of drug-likeness (QED) is 0.852. The number of urea groups is 1. The lowest BCUT2D eigenvalue weighted by Gasteiger charge is -2.39. The van der Waals surface area contributed by atoms with Crippen LogP contribution in [-0.2, 0) is 0 Å². The molecule has 0 spiro atoms. The van der Waals surface area contributed by atoms with Crippen LogP contribution in [0, 0.1) is 11.3 Å². The summed E-state index contributed by atoms with van der Waals surface area (Å²) in [4.78, 5) is 14.9. The molecule has 0 aliphatic carbocycles. The zero-order valence-corrected chi connectivity index (χ0v) is 14.4. The Balaban J connectivity index is 1.95. The van der Waals surface area contributed by atoms with Crippen LogP contribution in [0.5, 0.6) is 0 Å². The van der Waals surface area contributed by atoms with Gasteiger partial charge in [0.1, 0.15) is 0 Å². The zero-order chi connectivity index (χ0) is 17.6. The number of para-hydroxylation sites is 1. The number of amides is 2. The minimum atomic E-state index is -0.122. The van der Waals surface area contributed by atoms with E-state index in [1.165, 1.54) is 6.42 Å². The topological polar surface area (TPSA) is 50.6 Å². The van der Waals surface area contributed by atoms with E-state index in [0.29, 0.717) is 5.56 Å². The molecule has 2 amide bonds. The van der Waals surface area contributed by atoms with E-state index >= 15 is 0 Å². The first-order valence-electron chi connectivity index (χ1n) is 8.58. The number of carbonyl (C=O) groups excluding carboxylic acids is 1. The van der Waals surface area contributed by atoms with Crippen LogP contribution in [-0.4, -0.2) is 31.2 Å². The van der Waals surface area contributed by atoms with E-state index in [-0.39, 0.29) is 6.03 Å². The summed E-state index contributed by atoms with van der Waals surface area (Å²) in [5, 5.41) is 13.0. The average Bonchev–Trinajstić information content (AvgIpc) is 2.69. The van der Waals surface area contributed by atoms with E-state index in [9.17, 15) is 10.1 Å². The van der Waals surface area contributed by atoms with Crippen LogP contribution in [0.2, 0.25) is 0 Å². The summed E-state index contributed by atoms with van der Waals surface area (Å²) < 4.78 is 0. The number of anilines is 2. The molecule has 3 rings (SSSR count). The highest BCUT2D eigenvalue weighted by Gasteiger charge is 2.28. The molecule has 1 heterocycles. The molecular formula is C20H22N4O. The summed E-state index contributed by atoms with van der Waals surface area (Å²) in [5.74, 6) is 0. The van der Waals surface area contributed by atoms with Crippen molar-refractivity contribution in [2.24, 2.45) is 0 Å². The number of nitrogens with zero attached hydrogens (tertiary/aromatic N) is 4. The van der Waals surface area contributed by atoms with Gasteiger partial charge < -0.3 is 0 Å². The van der Waals surface area contributed by atoms with Gasteiger partial charge in [0.15, 0.2) is 0 Å². The largest absolute Gasteiger partial charge is 0.343 e. The van der Waals surface area contributed by atoms with Crippen LogP contribution in [0.3, 0.4) is 0 Å². The molecule has 128 valence electrons. The molecule has 0 atom stereocenters. The van der Waals surface area contributed by atoms with Crippen LogP contribution in [0.15, 0.2) is 54.6 Å². The molecular weight excluding hydrogens is 312 g/mol. The molecule has 2 aromatic carbocycles. The molecule has 0 aromatic heterocycles. The van der Waals surface area contributed by atoms with Crippen LogP contribution in [0.1, 0.15) is 24.8 Å². The molecule has 2 aromatic rings. The summed E-state index contributed by atoms with van der Waals surface area (Å²) >= 11 is 0. The first-order valence-corrected chi connectivity index (χ1v) is 8.58. The van der Waals surface area contributed by atoms with Gasteiger partial charge in [-0.1, -0.05) is 30.7 Å². The highest BCUT2D eigenvalue weighted by Crippen LogP contribution is 2.24. The van der Waals surface area contributed by atoms with Gasteiger partial charge in [0, 0.05) is 25.8 Å². The number of piperidine rings is 1. The Morgan fingerprint density at radius 3 is 2.36 bits per heavy atom. The lowest BCUT2D eigenvalue weighted by molar-refractivity contribution is 0.196. The smallest absolute Gasteiger partial charge is 0.296 e. The van der Waals surface area contributed by atoms with Gasteiger partial charge in [0.25, 0.3) is 0 Å². The minimum Gasteiger partial charge on any atom is -0.296 e. The van der Waals surface area contributed by atoms with Gasteiger partial charge in [-0.05, 0) is 43.2 Å². The predicted molar refractivity (Wildman–Crippen MR) is 99.3 cm³/mol. The number of hydrogen-bond donors (Lipinski definition) is 0. The Morgan fingerprint density at radius 2 is 1.68 bits per heavy atom. The lowest BCUT2D eigenvalue weighted by atomic mass is 10.1. The van der Waals surface area contributed by atoms with Crippen molar-refractivity contribution in [3.05, 3.63) is 60.2 Å². The molecule has 0 unspecified atom stereocenters. The van der Waals surface area contributed by atoms with Gasteiger partial charge in [0.05, 0.1) is 17.3 Å². The number of rotatable bonds is 3. The summed E-state index contributed by atoms with van der Waals surface area (Å²) in [6.45, 7) is 1.68. The Bertz CT molecular complexity index is 763. The number of carbonyl (C=O) groups is 1. The van der Waals surface area contributed by atoms with Crippen molar-refractivity contribution in [2.45, 2.75) is 19.3 Å². The molecule has 0 N–H and O–H groups in total. The molecule has 0 radical (unpaired) electrons. The Labute approximate surface area is 148 Å².